The number of ether oxygens (including phenoxy) is 1. The molecule has 0 bridgehead atoms. The number of rotatable bonds is 8. The molecule has 0 spiro atoms. The van der Waals surface area contributed by atoms with E-state index >= 15 is 0 Å². The Bertz CT molecular complexity index is 711. The van der Waals surface area contributed by atoms with Crippen LogP contribution in [0, 0.1) is 0 Å². The van der Waals surface area contributed by atoms with Crippen LogP contribution in [-0.4, -0.2) is 45.0 Å². The minimum Gasteiger partial charge on any atom is -0.377 e. The number of hydrogen-bond acceptors (Lipinski definition) is 4. The Balaban J connectivity index is 1.54. The zero-order chi connectivity index (χ0) is 20.2. The smallest absolute Gasteiger partial charge is 0.209 e. The summed E-state index contributed by atoms with van der Waals surface area (Å²) < 4.78 is 32.8. The van der Waals surface area contributed by atoms with Crippen LogP contribution < -0.4 is 10.0 Å². The molecule has 6 heteroatoms. The molecule has 1 aliphatic heterocycles. The SMILES string of the molecule is CCC1(CC)CC(NS(C)(=O)=O)C(COC2CCC(c3ccccc3)CC2)N1. The first-order valence-corrected chi connectivity index (χ1v) is 12.6. The van der Waals surface area contributed by atoms with Gasteiger partial charge in [-0.05, 0) is 56.4 Å². The van der Waals surface area contributed by atoms with E-state index in [1.165, 1.54) is 11.8 Å². The molecule has 5 nitrogen and oxygen atoms in total. The Morgan fingerprint density at radius 3 is 2.32 bits per heavy atom. The summed E-state index contributed by atoms with van der Waals surface area (Å²) in [4.78, 5) is 0. The lowest BCUT2D eigenvalue weighted by Crippen LogP contribution is -2.48. The number of hydrogen-bond donors (Lipinski definition) is 2. The van der Waals surface area contributed by atoms with Gasteiger partial charge in [0.25, 0.3) is 0 Å². The topological polar surface area (TPSA) is 67.4 Å². The van der Waals surface area contributed by atoms with Crippen LogP contribution >= 0.6 is 0 Å². The van der Waals surface area contributed by atoms with E-state index in [0.717, 1.165) is 44.9 Å². The van der Waals surface area contributed by atoms with Gasteiger partial charge >= 0.3 is 0 Å². The fourth-order valence-corrected chi connectivity index (χ4v) is 5.74. The van der Waals surface area contributed by atoms with Gasteiger partial charge in [0.1, 0.15) is 0 Å². The molecule has 1 aromatic rings. The molecule has 158 valence electrons. The molecule has 0 amide bonds. The third-order valence-corrected chi connectivity index (χ3v) is 7.49. The maximum Gasteiger partial charge on any atom is 0.209 e. The van der Waals surface area contributed by atoms with E-state index in [1.807, 2.05) is 0 Å². The van der Waals surface area contributed by atoms with E-state index < -0.39 is 10.0 Å². The second-order valence-electron chi connectivity index (χ2n) is 8.66. The Morgan fingerprint density at radius 1 is 1.11 bits per heavy atom. The summed E-state index contributed by atoms with van der Waals surface area (Å²) in [6.07, 6.45) is 8.78. The van der Waals surface area contributed by atoms with E-state index in [0.29, 0.717) is 12.5 Å². The number of benzene rings is 1. The molecular formula is C22H36N2O3S. The molecule has 2 atom stereocenters. The molecule has 0 radical (unpaired) electrons. The second kappa shape index (κ2) is 9.24. The van der Waals surface area contributed by atoms with Gasteiger partial charge < -0.3 is 10.1 Å². The molecule has 28 heavy (non-hydrogen) atoms. The van der Waals surface area contributed by atoms with Gasteiger partial charge in [0.2, 0.25) is 10.0 Å². The highest BCUT2D eigenvalue weighted by molar-refractivity contribution is 7.88. The Morgan fingerprint density at radius 2 is 1.75 bits per heavy atom. The number of nitrogens with one attached hydrogen (secondary N) is 2. The summed E-state index contributed by atoms with van der Waals surface area (Å²) in [6.45, 7) is 4.90. The van der Waals surface area contributed by atoms with E-state index in [2.05, 4.69) is 54.2 Å². The second-order valence-corrected chi connectivity index (χ2v) is 10.4. The summed E-state index contributed by atoms with van der Waals surface area (Å²) in [5.41, 5.74) is 1.44. The van der Waals surface area contributed by atoms with E-state index in [9.17, 15) is 8.42 Å². The van der Waals surface area contributed by atoms with Gasteiger partial charge in [0.05, 0.1) is 19.0 Å². The molecule has 2 fully saturated rings. The van der Waals surface area contributed by atoms with Crippen LogP contribution in [0.1, 0.15) is 70.3 Å². The van der Waals surface area contributed by atoms with Gasteiger partial charge in [-0.1, -0.05) is 44.2 Å². The molecule has 2 N–H and O–H groups in total. The van der Waals surface area contributed by atoms with Crippen LogP contribution in [-0.2, 0) is 14.8 Å². The Kier molecular flexibility index (Phi) is 7.18. The summed E-state index contributed by atoms with van der Waals surface area (Å²) in [6, 6.07) is 10.7. The van der Waals surface area contributed by atoms with Crippen molar-refractivity contribution in [3.05, 3.63) is 35.9 Å². The normalized spacial score (nSPS) is 30.4. The van der Waals surface area contributed by atoms with Crippen molar-refractivity contribution in [3.8, 4) is 0 Å². The van der Waals surface area contributed by atoms with Gasteiger partial charge in [0.15, 0.2) is 0 Å². The van der Waals surface area contributed by atoms with Crippen LogP contribution in [0.25, 0.3) is 0 Å². The molecule has 2 unspecified atom stereocenters. The highest BCUT2D eigenvalue weighted by Crippen LogP contribution is 2.35. The monoisotopic (exact) mass is 408 g/mol. The molecule has 1 heterocycles. The first kappa shape index (κ1) is 21.8. The van der Waals surface area contributed by atoms with Gasteiger partial charge in [-0.25, -0.2) is 13.1 Å². The summed E-state index contributed by atoms with van der Waals surface area (Å²) in [5, 5.41) is 3.70. The quantitative estimate of drug-likeness (QED) is 0.690. The maximum absolute atomic E-state index is 11.8. The standard InChI is InChI=1S/C22H36N2O3S/c1-4-22(5-2)15-20(24-28(3,25)26)21(23-22)16-27-19-13-11-18(12-14-19)17-9-7-6-8-10-17/h6-10,18-21,23-24H,4-5,11-16H2,1-3H3. The molecule has 2 aliphatic rings. The summed E-state index contributed by atoms with van der Waals surface area (Å²) >= 11 is 0. The third kappa shape index (κ3) is 5.56. The highest BCUT2D eigenvalue weighted by Gasteiger charge is 2.43. The van der Waals surface area contributed by atoms with Crippen molar-refractivity contribution in [2.24, 2.45) is 0 Å². The highest BCUT2D eigenvalue weighted by atomic mass is 32.2. The fraction of sp³-hybridized carbons (Fsp3) is 0.727. The maximum atomic E-state index is 11.8. The molecule has 1 saturated carbocycles. The molecule has 1 saturated heterocycles. The van der Waals surface area contributed by atoms with Crippen molar-refractivity contribution < 1.29 is 13.2 Å². The zero-order valence-corrected chi connectivity index (χ0v) is 18.3. The van der Waals surface area contributed by atoms with Gasteiger partial charge in [-0.3, -0.25) is 0 Å². The van der Waals surface area contributed by atoms with Crippen molar-refractivity contribution >= 4 is 10.0 Å². The van der Waals surface area contributed by atoms with Gasteiger partial charge in [0, 0.05) is 17.6 Å². The van der Waals surface area contributed by atoms with Crippen LogP contribution in [0.15, 0.2) is 30.3 Å². The molecule has 1 aromatic carbocycles. The van der Waals surface area contributed by atoms with E-state index in [-0.39, 0.29) is 23.7 Å². The van der Waals surface area contributed by atoms with E-state index in [1.54, 1.807) is 0 Å². The lowest BCUT2D eigenvalue weighted by atomic mass is 9.83. The van der Waals surface area contributed by atoms with Crippen molar-refractivity contribution in [3.63, 3.8) is 0 Å². The molecular weight excluding hydrogens is 372 g/mol. The van der Waals surface area contributed by atoms with Crippen molar-refractivity contribution in [2.45, 2.75) is 88.4 Å². The summed E-state index contributed by atoms with van der Waals surface area (Å²) in [7, 11) is -3.23. The van der Waals surface area contributed by atoms with Crippen molar-refractivity contribution in [2.75, 3.05) is 12.9 Å². The summed E-state index contributed by atoms with van der Waals surface area (Å²) in [5.74, 6) is 0.637. The van der Waals surface area contributed by atoms with Crippen LogP contribution in [0.3, 0.4) is 0 Å². The van der Waals surface area contributed by atoms with Crippen molar-refractivity contribution in [1.82, 2.24) is 10.0 Å². The molecule has 1 aliphatic carbocycles. The largest absolute Gasteiger partial charge is 0.377 e. The minimum atomic E-state index is -3.23. The average Bonchev–Trinajstić information content (AvgIpc) is 3.04. The molecule has 0 aromatic heterocycles. The fourth-order valence-electron chi connectivity index (χ4n) is 4.94. The van der Waals surface area contributed by atoms with Crippen LogP contribution in [0.5, 0.6) is 0 Å². The number of sulfonamides is 1. The van der Waals surface area contributed by atoms with Crippen molar-refractivity contribution in [1.29, 1.82) is 0 Å². The van der Waals surface area contributed by atoms with Gasteiger partial charge in [-0.2, -0.15) is 0 Å². The lowest BCUT2D eigenvalue weighted by Gasteiger charge is -2.31. The van der Waals surface area contributed by atoms with Gasteiger partial charge in [-0.15, -0.1) is 0 Å². The lowest BCUT2D eigenvalue weighted by molar-refractivity contribution is 0.0111. The Labute approximate surface area is 170 Å². The third-order valence-electron chi connectivity index (χ3n) is 6.76. The van der Waals surface area contributed by atoms with E-state index in [4.69, 9.17) is 4.74 Å². The first-order valence-electron chi connectivity index (χ1n) is 10.8. The average molecular weight is 409 g/mol. The minimum absolute atomic E-state index is 0.00134. The zero-order valence-electron chi connectivity index (χ0n) is 17.5. The molecule has 3 rings (SSSR count). The predicted octanol–water partition coefficient (Wildman–Crippen LogP) is 3.57. The van der Waals surface area contributed by atoms with Crippen LogP contribution in [0.4, 0.5) is 0 Å². The van der Waals surface area contributed by atoms with Crippen LogP contribution in [0.2, 0.25) is 0 Å². The predicted molar refractivity (Wildman–Crippen MR) is 114 cm³/mol. The Hall–Kier alpha value is -0.950. The first-order chi connectivity index (χ1) is 13.3.